The van der Waals surface area contributed by atoms with Crippen molar-refractivity contribution in [3.8, 4) is 5.75 Å². The summed E-state index contributed by atoms with van der Waals surface area (Å²) in [4.78, 5) is 27.3. The monoisotopic (exact) mass is 471 g/mol. The zero-order chi connectivity index (χ0) is 23.2. The average molecular weight is 472 g/mol. The number of aromatic hydroxyl groups is 1. The summed E-state index contributed by atoms with van der Waals surface area (Å²) in [6.07, 6.45) is 7.54. The Kier molecular flexibility index (Phi) is 5.94. The molecule has 2 aromatic carbocycles. The maximum Gasteiger partial charge on any atom is 0.277 e. The Labute approximate surface area is 204 Å². The van der Waals surface area contributed by atoms with E-state index in [0.29, 0.717) is 26.4 Å². The molecule has 2 aliphatic heterocycles. The van der Waals surface area contributed by atoms with Gasteiger partial charge in [-0.25, -0.2) is 0 Å². The van der Waals surface area contributed by atoms with Crippen molar-refractivity contribution in [2.75, 3.05) is 31.4 Å². The second kappa shape index (κ2) is 9.07. The van der Waals surface area contributed by atoms with Crippen molar-refractivity contribution in [2.24, 2.45) is 0 Å². The van der Waals surface area contributed by atoms with Crippen molar-refractivity contribution in [1.29, 1.82) is 0 Å². The first-order valence-corrected chi connectivity index (χ1v) is 11.6. The lowest BCUT2D eigenvalue weighted by Crippen LogP contribution is -2.56. The SMILES string of the molecule is C.O=C1c2c(O)c(=O)ccn2N2CN1CCOC/C=C\c1cccc3c1[C@H]2c1ccccc1CC3. The molecule has 3 heterocycles. The minimum atomic E-state index is -0.566. The molecule has 3 aromatic rings. The average Bonchev–Trinajstić information content (AvgIpc) is 3.01. The van der Waals surface area contributed by atoms with E-state index in [4.69, 9.17) is 4.74 Å². The molecule has 7 heteroatoms. The van der Waals surface area contributed by atoms with Gasteiger partial charge in [0.2, 0.25) is 5.43 Å². The summed E-state index contributed by atoms with van der Waals surface area (Å²) in [6.45, 7) is 1.45. The van der Waals surface area contributed by atoms with Crippen molar-refractivity contribution in [2.45, 2.75) is 26.3 Å². The lowest BCUT2D eigenvalue weighted by Gasteiger charge is -2.44. The van der Waals surface area contributed by atoms with Crippen molar-refractivity contribution in [1.82, 2.24) is 9.58 Å². The van der Waals surface area contributed by atoms with E-state index in [0.717, 1.165) is 24.0 Å². The number of amides is 1. The van der Waals surface area contributed by atoms with Crippen LogP contribution in [-0.4, -0.2) is 47.0 Å². The van der Waals surface area contributed by atoms with Crippen LogP contribution in [0.5, 0.6) is 5.75 Å². The Balaban J connectivity index is 0.00000253. The number of pyridine rings is 1. The molecule has 180 valence electrons. The van der Waals surface area contributed by atoms with Gasteiger partial charge in [-0.15, -0.1) is 0 Å². The molecule has 3 aliphatic rings. The first kappa shape index (κ1) is 22.9. The van der Waals surface area contributed by atoms with E-state index in [1.54, 1.807) is 15.8 Å². The van der Waals surface area contributed by atoms with Gasteiger partial charge in [0.15, 0.2) is 11.4 Å². The summed E-state index contributed by atoms with van der Waals surface area (Å²) in [6, 6.07) is 15.9. The summed E-state index contributed by atoms with van der Waals surface area (Å²) in [5, 5.41) is 12.8. The van der Waals surface area contributed by atoms with Gasteiger partial charge in [0, 0.05) is 18.8 Å². The predicted octanol–water partition coefficient (Wildman–Crippen LogP) is 3.47. The van der Waals surface area contributed by atoms with Crippen LogP contribution in [0.3, 0.4) is 0 Å². The molecule has 0 fully saturated rings. The number of nitrogens with zero attached hydrogens (tertiary/aromatic N) is 3. The van der Waals surface area contributed by atoms with Crippen molar-refractivity contribution < 1.29 is 14.6 Å². The third-order valence-corrected chi connectivity index (χ3v) is 6.97. The fourth-order valence-electron chi connectivity index (χ4n) is 5.36. The topological polar surface area (TPSA) is 75.0 Å². The molecule has 1 N–H and O–H groups in total. The number of benzene rings is 2. The number of rotatable bonds is 0. The smallest absolute Gasteiger partial charge is 0.277 e. The summed E-state index contributed by atoms with van der Waals surface area (Å²) < 4.78 is 7.42. The molecule has 7 nitrogen and oxygen atoms in total. The van der Waals surface area contributed by atoms with Gasteiger partial charge in [-0.2, -0.15) is 0 Å². The van der Waals surface area contributed by atoms with E-state index in [9.17, 15) is 14.7 Å². The third kappa shape index (κ3) is 3.72. The van der Waals surface area contributed by atoms with Gasteiger partial charge in [0.05, 0.1) is 19.3 Å². The summed E-state index contributed by atoms with van der Waals surface area (Å²) in [5.74, 6) is -0.899. The maximum atomic E-state index is 13.4. The first-order valence-electron chi connectivity index (χ1n) is 11.6. The molecule has 0 radical (unpaired) electrons. The Morgan fingerprint density at radius 2 is 1.77 bits per heavy atom. The first-order chi connectivity index (χ1) is 16.6. The van der Waals surface area contributed by atoms with Gasteiger partial charge in [0.1, 0.15) is 6.67 Å². The minimum Gasteiger partial charge on any atom is -0.502 e. The number of aryl methyl sites for hydroxylation is 2. The highest BCUT2D eigenvalue weighted by molar-refractivity contribution is 5.96. The highest BCUT2D eigenvalue weighted by Gasteiger charge is 2.38. The van der Waals surface area contributed by atoms with Gasteiger partial charge < -0.3 is 14.7 Å². The van der Waals surface area contributed by atoms with Gasteiger partial charge in [-0.3, -0.25) is 19.3 Å². The number of fused-ring (bicyclic) bond motifs is 7. The van der Waals surface area contributed by atoms with Crippen LogP contribution >= 0.6 is 0 Å². The van der Waals surface area contributed by atoms with Crippen LogP contribution in [0.15, 0.2) is 65.6 Å². The Hall–Kier alpha value is -3.84. The van der Waals surface area contributed by atoms with Crippen LogP contribution in [0.4, 0.5) is 0 Å². The van der Waals surface area contributed by atoms with Gasteiger partial charge in [-0.05, 0) is 40.7 Å². The van der Waals surface area contributed by atoms with Crippen molar-refractivity contribution in [3.63, 3.8) is 0 Å². The second-order valence-corrected chi connectivity index (χ2v) is 8.87. The molecule has 1 aromatic heterocycles. The molecular weight excluding hydrogens is 442 g/mol. The largest absolute Gasteiger partial charge is 0.502 e. The third-order valence-electron chi connectivity index (χ3n) is 6.97. The van der Waals surface area contributed by atoms with E-state index in [1.807, 2.05) is 12.1 Å². The molecule has 35 heavy (non-hydrogen) atoms. The summed E-state index contributed by atoms with van der Waals surface area (Å²) in [5.41, 5.74) is 5.35. The van der Waals surface area contributed by atoms with Crippen LogP contribution in [0.2, 0.25) is 0 Å². The Bertz CT molecular complexity index is 1380. The second-order valence-electron chi connectivity index (χ2n) is 8.87. The van der Waals surface area contributed by atoms with Crippen LogP contribution in [0.25, 0.3) is 6.08 Å². The molecule has 1 aliphatic carbocycles. The van der Waals surface area contributed by atoms with E-state index in [2.05, 4.69) is 47.5 Å². The Morgan fingerprint density at radius 3 is 2.66 bits per heavy atom. The van der Waals surface area contributed by atoms with E-state index in [1.165, 1.54) is 22.8 Å². The normalized spacial score (nSPS) is 19.7. The van der Waals surface area contributed by atoms with Gasteiger partial charge in [0.25, 0.3) is 5.91 Å². The molecule has 0 unspecified atom stereocenters. The molecule has 6 rings (SSSR count). The molecule has 0 saturated heterocycles. The molecule has 2 bridgehead atoms. The number of aromatic nitrogens is 1. The maximum absolute atomic E-state index is 13.4. The van der Waals surface area contributed by atoms with Crippen molar-refractivity contribution in [3.05, 3.63) is 105 Å². The van der Waals surface area contributed by atoms with E-state index in [-0.39, 0.29) is 25.1 Å². The van der Waals surface area contributed by atoms with Crippen LogP contribution in [0, 0.1) is 0 Å². The van der Waals surface area contributed by atoms with E-state index < -0.39 is 11.2 Å². The fourth-order valence-corrected chi connectivity index (χ4v) is 5.36. The predicted molar refractivity (Wildman–Crippen MR) is 135 cm³/mol. The van der Waals surface area contributed by atoms with Crippen LogP contribution in [-0.2, 0) is 17.6 Å². The van der Waals surface area contributed by atoms with Crippen LogP contribution < -0.4 is 10.4 Å². The van der Waals surface area contributed by atoms with Gasteiger partial charge in [-0.1, -0.05) is 62.0 Å². The minimum absolute atomic E-state index is 0. The standard InChI is InChI=1S/C27H25N3O4.CH4/c31-22-12-13-29-25(26(22)32)27(33)28-14-16-34-15-4-8-19-6-3-7-20-11-10-18-5-1-2-9-21(18)24(23(19)20)30(29)17-28;/h1-9,12-13,24,32H,10-11,14-17H2;1H4/b8-4-;/t24-;/m1./s1. The fraction of sp³-hybridized carbons (Fsp3) is 0.286. The summed E-state index contributed by atoms with van der Waals surface area (Å²) in [7, 11) is 0. The summed E-state index contributed by atoms with van der Waals surface area (Å²) >= 11 is 0. The molecule has 0 saturated carbocycles. The van der Waals surface area contributed by atoms with E-state index >= 15 is 0 Å². The highest BCUT2D eigenvalue weighted by atomic mass is 16.5. The number of carbonyl (C=O) groups excluding carboxylic acids is 1. The number of ether oxygens (including phenoxy) is 1. The number of carbonyl (C=O) groups is 1. The van der Waals surface area contributed by atoms with Crippen molar-refractivity contribution >= 4 is 12.0 Å². The molecule has 1 atom stereocenters. The Morgan fingerprint density at radius 1 is 0.971 bits per heavy atom. The quantitative estimate of drug-likeness (QED) is 0.544. The van der Waals surface area contributed by atoms with Crippen LogP contribution in [0.1, 0.15) is 51.8 Å². The lowest BCUT2D eigenvalue weighted by atomic mass is 9.90. The number of hydrogen-bond acceptors (Lipinski definition) is 5. The highest BCUT2D eigenvalue weighted by Crippen LogP contribution is 2.40. The zero-order valence-electron chi connectivity index (χ0n) is 18.7. The number of hydrogen-bond donors (Lipinski definition) is 1. The zero-order valence-corrected chi connectivity index (χ0v) is 18.7. The lowest BCUT2D eigenvalue weighted by molar-refractivity contribution is 0.0590. The molecule has 1 amide bonds. The molecular formula is C28H29N3O4. The molecule has 0 spiro atoms. The van der Waals surface area contributed by atoms with Gasteiger partial charge >= 0.3 is 0 Å².